The van der Waals surface area contributed by atoms with Gasteiger partial charge in [-0.2, -0.15) is 4.31 Å². The molecule has 132 valence electrons. The van der Waals surface area contributed by atoms with Crippen molar-refractivity contribution in [2.45, 2.75) is 17.7 Å². The van der Waals surface area contributed by atoms with Crippen LogP contribution in [-0.2, 0) is 19.5 Å². The lowest BCUT2D eigenvalue weighted by atomic mass is 9.82. The number of hydrogen-bond donors (Lipinski definition) is 0. The second-order valence-corrected chi connectivity index (χ2v) is 9.23. The summed E-state index contributed by atoms with van der Waals surface area (Å²) in [6.45, 7) is 3.15. The van der Waals surface area contributed by atoms with Gasteiger partial charge in [0.2, 0.25) is 10.0 Å². The Morgan fingerprint density at radius 1 is 1.38 bits per heavy atom. The highest BCUT2D eigenvalue weighted by molar-refractivity contribution is 7.89. The van der Waals surface area contributed by atoms with E-state index in [0.29, 0.717) is 38.8 Å². The van der Waals surface area contributed by atoms with Gasteiger partial charge in [-0.15, -0.1) is 0 Å². The maximum Gasteiger partial charge on any atom is 0.243 e. The molecule has 1 aliphatic carbocycles. The fourth-order valence-corrected chi connectivity index (χ4v) is 5.27. The van der Waals surface area contributed by atoms with Crippen molar-refractivity contribution in [3.63, 3.8) is 0 Å². The standard InChI is InChI=1S/C17H22FNO4S/c18-15-2-1-3-16(6-15)24(20,21)19-7-14-9-23-12-17(14,10-19)11-22-8-13-4-5-13/h1-3,6,13-14H,4-5,7-12H2/t14-,17-/m1/s1. The summed E-state index contributed by atoms with van der Waals surface area (Å²) in [4.78, 5) is 0.0115. The van der Waals surface area contributed by atoms with E-state index < -0.39 is 15.8 Å². The topological polar surface area (TPSA) is 55.8 Å². The Hall–Kier alpha value is -1.02. The molecule has 2 heterocycles. The summed E-state index contributed by atoms with van der Waals surface area (Å²) in [5.41, 5.74) is -0.269. The largest absolute Gasteiger partial charge is 0.380 e. The molecule has 0 unspecified atom stereocenters. The summed E-state index contributed by atoms with van der Waals surface area (Å²) in [5, 5.41) is 0. The van der Waals surface area contributed by atoms with Crippen LogP contribution in [0.3, 0.4) is 0 Å². The Balaban J connectivity index is 1.51. The Kier molecular flexibility index (Phi) is 4.15. The van der Waals surface area contributed by atoms with Crippen LogP contribution in [0, 0.1) is 23.1 Å². The maximum atomic E-state index is 13.4. The third-order valence-electron chi connectivity index (χ3n) is 5.36. The zero-order chi connectivity index (χ0) is 16.8. The van der Waals surface area contributed by atoms with Crippen LogP contribution >= 0.6 is 0 Å². The summed E-state index contributed by atoms with van der Waals surface area (Å²) >= 11 is 0. The van der Waals surface area contributed by atoms with Crippen molar-refractivity contribution >= 4 is 10.0 Å². The number of rotatable bonds is 6. The average molecular weight is 355 g/mol. The van der Waals surface area contributed by atoms with Crippen LogP contribution in [0.2, 0.25) is 0 Å². The van der Waals surface area contributed by atoms with Gasteiger partial charge in [0.05, 0.1) is 24.7 Å². The first kappa shape index (κ1) is 16.4. The fourth-order valence-electron chi connectivity index (χ4n) is 3.66. The molecule has 1 aromatic rings. The molecule has 1 aromatic carbocycles. The highest BCUT2D eigenvalue weighted by Gasteiger charge is 2.53. The van der Waals surface area contributed by atoms with Gasteiger partial charge in [-0.25, -0.2) is 12.8 Å². The van der Waals surface area contributed by atoms with Crippen molar-refractivity contribution in [1.82, 2.24) is 4.31 Å². The smallest absolute Gasteiger partial charge is 0.243 e. The molecule has 0 N–H and O–H groups in total. The van der Waals surface area contributed by atoms with E-state index in [1.54, 1.807) is 0 Å². The average Bonchev–Trinajstić information content (AvgIpc) is 3.16. The summed E-state index contributed by atoms with van der Waals surface area (Å²) in [5.74, 6) is 0.275. The minimum atomic E-state index is -3.69. The maximum absolute atomic E-state index is 13.4. The third kappa shape index (κ3) is 2.98. The normalized spacial score (nSPS) is 30.6. The number of sulfonamides is 1. The number of halogens is 1. The highest BCUT2D eigenvalue weighted by atomic mass is 32.2. The van der Waals surface area contributed by atoms with Gasteiger partial charge in [0.1, 0.15) is 5.82 Å². The lowest BCUT2D eigenvalue weighted by Gasteiger charge is -2.27. The van der Waals surface area contributed by atoms with Crippen LogP contribution in [0.15, 0.2) is 29.2 Å². The molecule has 0 radical (unpaired) electrons. The molecule has 5 nitrogen and oxygen atoms in total. The Morgan fingerprint density at radius 2 is 2.21 bits per heavy atom. The molecule has 0 amide bonds. The summed E-state index contributed by atoms with van der Waals surface area (Å²) in [7, 11) is -3.69. The Bertz CT molecular complexity index is 721. The van der Waals surface area contributed by atoms with E-state index in [-0.39, 0.29) is 16.2 Å². The molecule has 0 bridgehead atoms. The van der Waals surface area contributed by atoms with Gasteiger partial charge in [0.15, 0.2) is 0 Å². The van der Waals surface area contributed by atoms with Gasteiger partial charge in [0.25, 0.3) is 0 Å². The van der Waals surface area contributed by atoms with Gasteiger partial charge in [-0.1, -0.05) is 6.07 Å². The highest BCUT2D eigenvalue weighted by Crippen LogP contribution is 2.43. The SMILES string of the molecule is O=S(=O)(c1cccc(F)c1)N1C[C@@H]2COC[C@]2(COCC2CC2)C1. The van der Waals surface area contributed by atoms with Crippen molar-refractivity contribution < 1.29 is 22.3 Å². The molecule has 4 rings (SSSR count). The molecule has 0 spiro atoms. The zero-order valence-electron chi connectivity index (χ0n) is 13.5. The molecule has 3 aliphatic rings. The van der Waals surface area contributed by atoms with E-state index in [1.807, 2.05) is 0 Å². The van der Waals surface area contributed by atoms with E-state index in [4.69, 9.17) is 9.47 Å². The molecule has 2 atom stereocenters. The van der Waals surface area contributed by atoms with Crippen LogP contribution in [0.1, 0.15) is 12.8 Å². The van der Waals surface area contributed by atoms with E-state index in [2.05, 4.69) is 0 Å². The van der Waals surface area contributed by atoms with Crippen molar-refractivity contribution in [3.8, 4) is 0 Å². The number of fused-ring (bicyclic) bond motifs is 1. The monoisotopic (exact) mass is 355 g/mol. The fraction of sp³-hybridized carbons (Fsp3) is 0.647. The number of ether oxygens (including phenoxy) is 2. The van der Waals surface area contributed by atoms with Gasteiger partial charge in [0, 0.05) is 31.0 Å². The summed E-state index contributed by atoms with van der Waals surface area (Å²) < 4.78 is 52.0. The zero-order valence-corrected chi connectivity index (χ0v) is 14.3. The molecule has 3 fully saturated rings. The third-order valence-corrected chi connectivity index (χ3v) is 7.17. The van der Waals surface area contributed by atoms with Crippen LogP contribution in [0.4, 0.5) is 4.39 Å². The molecule has 24 heavy (non-hydrogen) atoms. The molecule has 7 heteroatoms. The second kappa shape index (κ2) is 6.05. The van der Waals surface area contributed by atoms with Crippen molar-refractivity contribution in [2.24, 2.45) is 17.3 Å². The van der Waals surface area contributed by atoms with Crippen LogP contribution < -0.4 is 0 Å². The van der Waals surface area contributed by atoms with Crippen LogP contribution in [0.25, 0.3) is 0 Å². The number of hydrogen-bond acceptors (Lipinski definition) is 4. The minimum absolute atomic E-state index is 0.0115. The van der Waals surface area contributed by atoms with Crippen LogP contribution in [0.5, 0.6) is 0 Å². The van der Waals surface area contributed by atoms with Gasteiger partial charge in [-0.05, 0) is 37.0 Å². The number of nitrogens with zero attached hydrogens (tertiary/aromatic N) is 1. The molecule has 1 saturated carbocycles. The van der Waals surface area contributed by atoms with E-state index in [9.17, 15) is 12.8 Å². The van der Waals surface area contributed by atoms with Crippen LogP contribution in [-0.4, -0.2) is 52.2 Å². The first-order valence-corrected chi connectivity index (χ1v) is 9.85. The first-order valence-electron chi connectivity index (χ1n) is 8.41. The Morgan fingerprint density at radius 3 is 2.96 bits per heavy atom. The van der Waals surface area contributed by atoms with Crippen molar-refractivity contribution in [3.05, 3.63) is 30.1 Å². The quantitative estimate of drug-likeness (QED) is 0.782. The predicted octanol–water partition coefficient (Wildman–Crippen LogP) is 1.89. The van der Waals surface area contributed by atoms with Crippen molar-refractivity contribution in [2.75, 3.05) is 39.5 Å². The van der Waals surface area contributed by atoms with E-state index >= 15 is 0 Å². The summed E-state index contributed by atoms with van der Waals surface area (Å²) in [6.07, 6.45) is 2.46. The van der Waals surface area contributed by atoms with E-state index in [0.717, 1.165) is 12.7 Å². The lowest BCUT2D eigenvalue weighted by molar-refractivity contribution is 0.0265. The predicted molar refractivity (Wildman–Crippen MR) is 85.4 cm³/mol. The number of benzene rings is 1. The molecular weight excluding hydrogens is 333 g/mol. The van der Waals surface area contributed by atoms with E-state index in [1.165, 1.54) is 35.3 Å². The van der Waals surface area contributed by atoms with Gasteiger partial charge >= 0.3 is 0 Å². The molecule has 0 aromatic heterocycles. The van der Waals surface area contributed by atoms with Crippen molar-refractivity contribution in [1.29, 1.82) is 0 Å². The van der Waals surface area contributed by atoms with Gasteiger partial charge < -0.3 is 9.47 Å². The second-order valence-electron chi connectivity index (χ2n) is 7.29. The minimum Gasteiger partial charge on any atom is -0.380 e. The molecule has 2 aliphatic heterocycles. The molecular formula is C17H22FNO4S. The Labute approximate surface area is 141 Å². The lowest BCUT2D eigenvalue weighted by Crippen LogP contribution is -2.37. The van der Waals surface area contributed by atoms with Gasteiger partial charge in [-0.3, -0.25) is 0 Å². The molecule has 2 saturated heterocycles. The first-order chi connectivity index (χ1) is 11.5. The summed E-state index contributed by atoms with van der Waals surface area (Å²) in [6, 6.07) is 5.20.